The number of aryl methyl sites for hydroxylation is 1. The van der Waals surface area contributed by atoms with Crippen LogP contribution in [0, 0.1) is 0 Å². The van der Waals surface area contributed by atoms with Crippen LogP contribution in [0.1, 0.15) is 0 Å². The van der Waals surface area contributed by atoms with Gasteiger partial charge in [0.1, 0.15) is 5.69 Å². The van der Waals surface area contributed by atoms with Crippen molar-refractivity contribution in [2.24, 2.45) is 7.05 Å². The van der Waals surface area contributed by atoms with Crippen molar-refractivity contribution in [3.8, 4) is 10.6 Å². The van der Waals surface area contributed by atoms with Crippen LogP contribution in [0.2, 0.25) is 0 Å². The van der Waals surface area contributed by atoms with Crippen LogP contribution in [0.5, 0.6) is 0 Å². The Morgan fingerprint density at radius 2 is 2.25 bits per heavy atom. The number of nitrogens with two attached hydrogens (primary N) is 1. The molecule has 0 bridgehead atoms. The highest BCUT2D eigenvalue weighted by molar-refractivity contribution is 7.13. The van der Waals surface area contributed by atoms with Crippen molar-refractivity contribution >= 4 is 28.1 Å². The first-order valence-corrected chi connectivity index (χ1v) is 5.61. The first-order chi connectivity index (χ1) is 7.75. The second-order valence-corrected chi connectivity index (χ2v) is 4.36. The van der Waals surface area contributed by atoms with Crippen LogP contribution >= 0.6 is 11.3 Å². The minimum absolute atomic E-state index is 0.645. The van der Waals surface area contributed by atoms with E-state index < -0.39 is 0 Å². The highest BCUT2D eigenvalue weighted by Crippen LogP contribution is 2.29. The number of aromatic nitrogens is 4. The molecule has 0 saturated heterocycles. The Hall–Kier alpha value is -1.95. The monoisotopic (exact) mass is 231 g/mol. The summed E-state index contributed by atoms with van der Waals surface area (Å²) in [5, 5.41) is 5.41. The molecule has 6 heteroatoms. The first-order valence-electron chi connectivity index (χ1n) is 4.73. The molecule has 0 aliphatic carbocycles. The normalized spacial score (nSPS) is 11.1. The molecule has 0 amide bonds. The fourth-order valence-corrected chi connectivity index (χ4v) is 2.29. The van der Waals surface area contributed by atoms with Crippen molar-refractivity contribution < 1.29 is 0 Å². The van der Waals surface area contributed by atoms with E-state index in [0.29, 0.717) is 5.69 Å². The average molecular weight is 231 g/mol. The Morgan fingerprint density at radius 3 is 3.00 bits per heavy atom. The zero-order valence-electron chi connectivity index (χ0n) is 8.58. The molecule has 16 heavy (non-hydrogen) atoms. The number of nitrogens with zero attached hydrogens (tertiary/aromatic N) is 4. The molecule has 80 valence electrons. The van der Waals surface area contributed by atoms with Crippen LogP contribution in [0.15, 0.2) is 24.0 Å². The lowest BCUT2D eigenvalue weighted by Gasteiger charge is -1.94. The highest BCUT2D eigenvalue weighted by atomic mass is 32.1. The zero-order valence-corrected chi connectivity index (χ0v) is 9.40. The van der Waals surface area contributed by atoms with Gasteiger partial charge in [0.05, 0.1) is 22.3 Å². The number of nitrogen functional groups attached to an aromatic ring is 1. The van der Waals surface area contributed by atoms with Crippen LogP contribution in [0.3, 0.4) is 0 Å². The third-order valence-corrected chi connectivity index (χ3v) is 3.14. The van der Waals surface area contributed by atoms with E-state index in [1.165, 1.54) is 0 Å². The van der Waals surface area contributed by atoms with Crippen molar-refractivity contribution in [3.05, 3.63) is 24.0 Å². The third kappa shape index (κ3) is 1.27. The molecular weight excluding hydrogens is 222 g/mol. The van der Waals surface area contributed by atoms with Crippen LogP contribution in [-0.4, -0.2) is 19.7 Å². The predicted molar refractivity (Wildman–Crippen MR) is 64.0 cm³/mol. The zero-order chi connectivity index (χ0) is 11.1. The van der Waals surface area contributed by atoms with E-state index in [-0.39, 0.29) is 0 Å². The van der Waals surface area contributed by atoms with Gasteiger partial charge >= 0.3 is 0 Å². The number of hydrogen-bond acceptors (Lipinski definition) is 5. The third-order valence-electron chi connectivity index (χ3n) is 2.37. The number of fused-ring (bicyclic) bond motifs is 1. The smallest absolute Gasteiger partial charge is 0.158 e. The van der Waals surface area contributed by atoms with Crippen LogP contribution < -0.4 is 5.73 Å². The van der Waals surface area contributed by atoms with E-state index in [1.54, 1.807) is 33.9 Å². The first kappa shape index (κ1) is 9.29. The van der Waals surface area contributed by atoms with E-state index in [1.807, 2.05) is 13.1 Å². The molecule has 0 aliphatic heterocycles. The molecule has 0 aromatic carbocycles. The molecule has 3 heterocycles. The van der Waals surface area contributed by atoms with Gasteiger partial charge in [-0.25, -0.2) is 9.67 Å². The van der Waals surface area contributed by atoms with E-state index in [4.69, 9.17) is 5.73 Å². The van der Waals surface area contributed by atoms with Gasteiger partial charge in [0.15, 0.2) is 5.65 Å². The summed E-state index contributed by atoms with van der Waals surface area (Å²) in [7, 11) is 1.87. The van der Waals surface area contributed by atoms with E-state index in [9.17, 15) is 0 Å². The summed E-state index contributed by atoms with van der Waals surface area (Å²) >= 11 is 1.55. The Balaban J connectivity index is 2.37. The van der Waals surface area contributed by atoms with Crippen molar-refractivity contribution in [1.82, 2.24) is 19.7 Å². The lowest BCUT2D eigenvalue weighted by Crippen LogP contribution is -1.92. The van der Waals surface area contributed by atoms with Crippen LogP contribution in [-0.2, 0) is 7.05 Å². The van der Waals surface area contributed by atoms with Gasteiger partial charge in [-0.15, -0.1) is 11.3 Å². The quantitative estimate of drug-likeness (QED) is 0.691. The molecule has 5 nitrogen and oxygen atoms in total. The topological polar surface area (TPSA) is 69.6 Å². The van der Waals surface area contributed by atoms with Crippen LogP contribution in [0.4, 0.5) is 5.69 Å². The highest BCUT2D eigenvalue weighted by Gasteiger charge is 2.12. The summed E-state index contributed by atoms with van der Waals surface area (Å²) in [6.45, 7) is 0. The van der Waals surface area contributed by atoms with Gasteiger partial charge in [-0.2, -0.15) is 5.10 Å². The number of anilines is 1. The molecule has 3 rings (SSSR count). The summed E-state index contributed by atoms with van der Waals surface area (Å²) in [6, 6.07) is 1.89. The van der Waals surface area contributed by atoms with Gasteiger partial charge in [-0.1, -0.05) is 0 Å². The van der Waals surface area contributed by atoms with Gasteiger partial charge in [0, 0.05) is 18.6 Å². The van der Waals surface area contributed by atoms with Crippen molar-refractivity contribution in [3.63, 3.8) is 0 Å². The molecule has 0 radical (unpaired) electrons. The van der Waals surface area contributed by atoms with Gasteiger partial charge < -0.3 is 5.73 Å². The Bertz CT molecular complexity index is 641. The second kappa shape index (κ2) is 3.28. The molecule has 0 spiro atoms. The molecule has 0 fully saturated rings. The largest absolute Gasteiger partial charge is 0.397 e. The predicted octanol–water partition coefficient (Wildman–Crippen LogP) is 1.67. The summed E-state index contributed by atoms with van der Waals surface area (Å²) in [6.07, 6.45) is 3.44. The molecular formula is C10H9N5S. The number of hydrogen-bond donors (Lipinski definition) is 1. The average Bonchev–Trinajstić information content (AvgIpc) is 2.86. The molecule has 3 aromatic heterocycles. The van der Waals surface area contributed by atoms with Gasteiger partial charge in [-0.05, 0) is 6.07 Å². The van der Waals surface area contributed by atoms with Crippen molar-refractivity contribution in [2.45, 2.75) is 0 Å². The molecule has 3 aromatic rings. The minimum Gasteiger partial charge on any atom is -0.397 e. The van der Waals surface area contributed by atoms with E-state index in [2.05, 4.69) is 15.1 Å². The molecule has 0 saturated carbocycles. The number of rotatable bonds is 1. The Kier molecular flexibility index (Phi) is 1.90. The molecule has 0 unspecified atom stereocenters. The molecule has 2 N–H and O–H groups in total. The van der Waals surface area contributed by atoms with Gasteiger partial charge in [0.2, 0.25) is 0 Å². The van der Waals surface area contributed by atoms with Crippen LogP contribution in [0.25, 0.3) is 21.6 Å². The van der Waals surface area contributed by atoms with E-state index >= 15 is 0 Å². The Labute approximate surface area is 95.6 Å². The Morgan fingerprint density at radius 1 is 1.38 bits per heavy atom. The summed E-state index contributed by atoms with van der Waals surface area (Å²) in [4.78, 5) is 9.35. The van der Waals surface area contributed by atoms with E-state index in [0.717, 1.165) is 21.6 Å². The maximum absolute atomic E-state index is 5.74. The fraction of sp³-hybridized carbons (Fsp3) is 0.100. The van der Waals surface area contributed by atoms with Crippen molar-refractivity contribution in [1.29, 1.82) is 0 Å². The summed E-state index contributed by atoms with van der Waals surface area (Å²) in [5.74, 6) is 0. The number of pyridine rings is 1. The standard InChI is InChI=1S/C10H9N5S/c1-15-10-7(2-6(11)3-13-10)9(14-15)8-4-12-5-16-8/h2-5H,11H2,1H3. The fourth-order valence-electron chi connectivity index (χ4n) is 1.67. The summed E-state index contributed by atoms with van der Waals surface area (Å²) < 4.78 is 1.75. The molecule has 0 aliphatic rings. The second-order valence-electron chi connectivity index (χ2n) is 3.48. The van der Waals surface area contributed by atoms with Crippen molar-refractivity contribution in [2.75, 3.05) is 5.73 Å². The number of thiazole rings is 1. The minimum atomic E-state index is 0.645. The van der Waals surface area contributed by atoms with Gasteiger partial charge in [-0.3, -0.25) is 4.98 Å². The maximum Gasteiger partial charge on any atom is 0.158 e. The maximum atomic E-state index is 5.74. The summed E-state index contributed by atoms with van der Waals surface area (Å²) in [5.41, 5.74) is 9.90. The lowest BCUT2D eigenvalue weighted by atomic mass is 10.2. The molecule has 0 atom stereocenters. The lowest BCUT2D eigenvalue weighted by molar-refractivity contribution is 0.790. The SMILES string of the molecule is Cn1nc(-c2cncs2)c2cc(N)cnc21. The van der Waals surface area contributed by atoms with Gasteiger partial charge in [0.25, 0.3) is 0 Å².